The molecule has 2 aromatic rings. The van der Waals surface area contributed by atoms with Gasteiger partial charge in [0.25, 0.3) is 5.91 Å². The first-order chi connectivity index (χ1) is 16.7. The van der Waals surface area contributed by atoms with Crippen LogP contribution in [0.2, 0.25) is 0 Å². The molecule has 2 aromatic carbocycles. The molecule has 2 heterocycles. The van der Waals surface area contributed by atoms with Gasteiger partial charge in [-0.3, -0.25) is 19.5 Å². The number of primary amides is 1. The Morgan fingerprint density at radius 1 is 1.09 bits per heavy atom. The molecular weight excluding hydrogens is 463 g/mol. The van der Waals surface area contributed by atoms with Gasteiger partial charge in [-0.25, -0.2) is 0 Å². The third-order valence-corrected chi connectivity index (χ3v) is 6.09. The average molecular weight is 489 g/mol. The Hall–Kier alpha value is -3.44. The lowest BCUT2D eigenvalue weighted by atomic mass is 10.0. The summed E-state index contributed by atoms with van der Waals surface area (Å²) in [5, 5.41) is 8.62. The highest BCUT2D eigenvalue weighted by Crippen LogP contribution is 2.31. The quantitative estimate of drug-likeness (QED) is 0.622. The second kappa shape index (κ2) is 10.4. The third kappa shape index (κ3) is 5.80. The van der Waals surface area contributed by atoms with Gasteiger partial charge in [0.15, 0.2) is 0 Å². The molecule has 35 heavy (non-hydrogen) atoms. The lowest BCUT2D eigenvalue weighted by Crippen LogP contribution is -2.45. The predicted octanol–water partition coefficient (Wildman–Crippen LogP) is 2.32. The fraction of sp³-hybridized carbons (Fsp3) is 0.375. The van der Waals surface area contributed by atoms with Crippen LogP contribution >= 0.6 is 0 Å². The summed E-state index contributed by atoms with van der Waals surface area (Å²) in [6.07, 6.45) is -4.37. The molecule has 3 N–H and O–H groups in total. The molecule has 8 nitrogen and oxygen atoms in total. The summed E-state index contributed by atoms with van der Waals surface area (Å²) in [5.41, 5.74) is 6.25. The maximum Gasteiger partial charge on any atom is 0.416 e. The van der Waals surface area contributed by atoms with Gasteiger partial charge in [-0.05, 0) is 29.8 Å². The summed E-state index contributed by atoms with van der Waals surface area (Å²) in [7, 11) is 0. The molecular formula is C24H26F3N5O3. The van der Waals surface area contributed by atoms with Gasteiger partial charge in [-0.1, -0.05) is 30.3 Å². The van der Waals surface area contributed by atoms with Gasteiger partial charge < -0.3 is 15.8 Å². The summed E-state index contributed by atoms with van der Waals surface area (Å²) < 4.78 is 44.4. The standard InChI is InChI=1S/C24H26F3N5O3/c25-24(26,27)17-8-6-16(7-9-17)21(31-10-12-35-13-11-31)15-29-23(34)19-14-20(22(28)33)32(30-19)18-4-2-1-3-5-18/h1-9,20-21H,10-15H2,(H2,28,33)(H,29,34). The summed E-state index contributed by atoms with van der Waals surface area (Å²) in [4.78, 5) is 27.0. The van der Waals surface area contributed by atoms with E-state index >= 15 is 0 Å². The van der Waals surface area contributed by atoms with Crippen molar-refractivity contribution in [3.8, 4) is 0 Å². The minimum atomic E-state index is -4.43. The van der Waals surface area contributed by atoms with Crippen LogP contribution in [0.3, 0.4) is 0 Å². The van der Waals surface area contributed by atoms with E-state index in [1.54, 1.807) is 24.3 Å². The summed E-state index contributed by atoms with van der Waals surface area (Å²) in [6, 6.07) is 12.7. The van der Waals surface area contributed by atoms with Crippen LogP contribution in [0.15, 0.2) is 59.7 Å². The summed E-state index contributed by atoms with van der Waals surface area (Å²) in [5.74, 6) is -1.06. The molecule has 0 aliphatic carbocycles. The van der Waals surface area contributed by atoms with Crippen LogP contribution in [0.25, 0.3) is 0 Å². The fourth-order valence-electron chi connectivity index (χ4n) is 4.22. The Balaban J connectivity index is 1.50. The smallest absolute Gasteiger partial charge is 0.379 e. The molecule has 2 amide bonds. The van der Waals surface area contributed by atoms with E-state index in [2.05, 4.69) is 15.3 Å². The van der Waals surface area contributed by atoms with Gasteiger partial charge in [0, 0.05) is 26.1 Å². The fourth-order valence-corrected chi connectivity index (χ4v) is 4.22. The number of hydrazone groups is 1. The Morgan fingerprint density at radius 2 is 1.74 bits per heavy atom. The van der Waals surface area contributed by atoms with Crippen molar-refractivity contribution in [3.05, 3.63) is 65.7 Å². The van der Waals surface area contributed by atoms with Crippen LogP contribution in [-0.2, 0) is 20.5 Å². The van der Waals surface area contributed by atoms with Crippen LogP contribution in [0, 0.1) is 0 Å². The maximum atomic E-state index is 13.0. The predicted molar refractivity (Wildman–Crippen MR) is 124 cm³/mol. The van der Waals surface area contributed by atoms with E-state index in [9.17, 15) is 22.8 Å². The number of alkyl halides is 3. The molecule has 2 unspecified atom stereocenters. The molecule has 2 aliphatic rings. The number of hydrogen-bond acceptors (Lipinski definition) is 6. The number of carbonyl (C=O) groups excluding carboxylic acids is 2. The number of rotatable bonds is 7. The van der Waals surface area contributed by atoms with Crippen molar-refractivity contribution in [2.75, 3.05) is 37.9 Å². The SMILES string of the molecule is NC(=O)C1CC(C(=O)NCC(c2ccc(C(F)(F)F)cc2)N2CCOCC2)=NN1c1ccccc1. The molecule has 0 saturated carbocycles. The van der Waals surface area contributed by atoms with Crippen molar-refractivity contribution in [3.63, 3.8) is 0 Å². The summed E-state index contributed by atoms with van der Waals surface area (Å²) in [6.45, 7) is 2.28. The molecule has 186 valence electrons. The monoisotopic (exact) mass is 489 g/mol. The molecule has 0 aromatic heterocycles. The number of halogens is 3. The number of para-hydroxylation sites is 1. The molecule has 11 heteroatoms. The summed E-state index contributed by atoms with van der Waals surface area (Å²) >= 11 is 0. The molecule has 4 rings (SSSR count). The van der Waals surface area contributed by atoms with Crippen LogP contribution in [0.4, 0.5) is 18.9 Å². The Labute approximate surface area is 200 Å². The molecule has 1 saturated heterocycles. The van der Waals surface area contributed by atoms with Gasteiger partial charge in [-0.15, -0.1) is 0 Å². The van der Waals surface area contributed by atoms with E-state index in [1.807, 2.05) is 6.07 Å². The topological polar surface area (TPSA) is 100 Å². The number of nitrogens with zero attached hydrogens (tertiary/aromatic N) is 3. The molecule has 2 atom stereocenters. The first-order valence-electron chi connectivity index (χ1n) is 11.2. The average Bonchev–Trinajstić information content (AvgIpc) is 3.31. The molecule has 0 radical (unpaired) electrons. The number of carbonyl (C=O) groups is 2. The minimum absolute atomic E-state index is 0.0541. The number of nitrogens with one attached hydrogen (secondary N) is 1. The van der Waals surface area contributed by atoms with E-state index in [0.717, 1.165) is 12.1 Å². The van der Waals surface area contributed by atoms with Crippen LogP contribution in [0.5, 0.6) is 0 Å². The second-order valence-electron chi connectivity index (χ2n) is 8.34. The number of nitrogens with two attached hydrogens (primary N) is 1. The van der Waals surface area contributed by atoms with Gasteiger partial charge in [0.1, 0.15) is 11.8 Å². The Bertz CT molecular complexity index is 1070. The number of hydrogen-bond donors (Lipinski definition) is 2. The van der Waals surface area contributed by atoms with Crippen molar-refractivity contribution in [2.45, 2.75) is 24.7 Å². The number of ether oxygens (including phenoxy) is 1. The van der Waals surface area contributed by atoms with Gasteiger partial charge in [-0.2, -0.15) is 18.3 Å². The van der Waals surface area contributed by atoms with Crippen molar-refractivity contribution < 1.29 is 27.5 Å². The Kier molecular flexibility index (Phi) is 7.37. The highest BCUT2D eigenvalue weighted by molar-refractivity contribution is 6.40. The third-order valence-electron chi connectivity index (χ3n) is 6.09. The van der Waals surface area contributed by atoms with Crippen molar-refractivity contribution in [2.24, 2.45) is 10.8 Å². The van der Waals surface area contributed by atoms with E-state index in [1.165, 1.54) is 17.1 Å². The van der Waals surface area contributed by atoms with Crippen LogP contribution in [-0.4, -0.2) is 61.3 Å². The minimum Gasteiger partial charge on any atom is -0.379 e. The first-order valence-corrected chi connectivity index (χ1v) is 11.2. The lowest BCUT2D eigenvalue weighted by molar-refractivity contribution is -0.137. The van der Waals surface area contributed by atoms with Crippen molar-refractivity contribution in [1.82, 2.24) is 10.2 Å². The molecule has 0 bridgehead atoms. The van der Waals surface area contributed by atoms with Crippen LogP contribution < -0.4 is 16.1 Å². The van der Waals surface area contributed by atoms with E-state index < -0.39 is 29.6 Å². The van der Waals surface area contributed by atoms with Crippen LogP contribution in [0.1, 0.15) is 23.6 Å². The normalized spacial score (nSPS) is 19.8. The molecule has 0 spiro atoms. The van der Waals surface area contributed by atoms with E-state index in [0.29, 0.717) is 37.6 Å². The number of anilines is 1. The lowest BCUT2D eigenvalue weighted by Gasteiger charge is -2.35. The van der Waals surface area contributed by atoms with Gasteiger partial charge in [0.2, 0.25) is 5.91 Å². The second-order valence-corrected chi connectivity index (χ2v) is 8.34. The van der Waals surface area contributed by atoms with Crippen molar-refractivity contribution >= 4 is 23.2 Å². The highest BCUT2D eigenvalue weighted by atomic mass is 19.4. The van der Waals surface area contributed by atoms with Crippen molar-refractivity contribution in [1.29, 1.82) is 0 Å². The first kappa shape index (κ1) is 24.7. The number of morpholine rings is 1. The largest absolute Gasteiger partial charge is 0.416 e. The zero-order valence-corrected chi connectivity index (χ0v) is 18.9. The molecule has 2 aliphatic heterocycles. The Morgan fingerprint density at radius 3 is 2.34 bits per heavy atom. The van der Waals surface area contributed by atoms with E-state index in [-0.39, 0.29) is 24.7 Å². The highest BCUT2D eigenvalue weighted by Gasteiger charge is 2.35. The molecule has 1 fully saturated rings. The number of benzene rings is 2. The zero-order valence-electron chi connectivity index (χ0n) is 18.9. The zero-order chi connectivity index (χ0) is 25.0. The maximum absolute atomic E-state index is 13.0. The number of amides is 2. The van der Waals surface area contributed by atoms with E-state index in [4.69, 9.17) is 10.5 Å². The van der Waals surface area contributed by atoms with Gasteiger partial charge in [0.05, 0.1) is 30.5 Å². The van der Waals surface area contributed by atoms with Gasteiger partial charge >= 0.3 is 6.18 Å².